The fourth-order valence-corrected chi connectivity index (χ4v) is 2.56. The Bertz CT molecular complexity index is 343. The van der Waals surface area contributed by atoms with Crippen LogP contribution in [0.1, 0.15) is 57.6 Å². The first-order chi connectivity index (χ1) is 8.31. The van der Waals surface area contributed by atoms with E-state index in [0.717, 1.165) is 24.7 Å². The number of hydrogen-bond donors (Lipinski definition) is 1. The number of anilines is 1. The lowest BCUT2D eigenvalue weighted by molar-refractivity contribution is 0.344. The monoisotopic (exact) mass is 233 g/mol. The first kappa shape index (κ1) is 12.3. The first-order valence-electron chi connectivity index (χ1n) is 6.86. The lowest BCUT2D eigenvalue weighted by Gasteiger charge is -2.26. The van der Waals surface area contributed by atoms with Gasteiger partial charge in [-0.2, -0.15) is 0 Å². The van der Waals surface area contributed by atoms with Gasteiger partial charge in [-0.3, -0.25) is 4.98 Å². The molecule has 0 bridgehead atoms. The molecule has 0 unspecified atom stereocenters. The van der Waals surface area contributed by atoms with E-state index in [1.54, 1.807) is 6.20 Å². The lowest BCUT2D eigenvalue weighted by Crippen LogP contribution is -2.15. The quantitative estimate of drug-likeness (QED) is 0.863. The summed E-state index contributed by atoms with van der Waals surface area (Å²) in [5, 5.41) is 3.40. The normalized spacial score (nSPS) is 24.6. The Balaban J connectivity index is 2.08. The van der Waals surface area contributed by atoms with Crippen LogP contribution in [0.3, 0.4) is 0 Å². The van der Waals surface area contributed by atoms with Crippen LogP contribution in [-0.2, 0) is 0 Å². The molecule has 1 heterocycles. The van der Waals surface area contributed by atoms with E-state index in [0.29, 0.717) is 5.92 Å². The standard InChI is InChI=1S/C14H23N3/c1-3-8-16-14-13(15-9-10-17-14)12-6-4-11(2)5-7-12/h9-12H,3-8H2,1-2H3,(H,16,17). The summed E-state index contributed by atoms with van der Waals surface area (Å²) in [6.07, 6.45) is 9.92. The van der Waals surface area contributed by atoms with Crippen LogP contribution in [0.2, 0.25) is 0 Å². The van der Waals surface area contributed by atoms with Gasteiger partial charge in [-0.25, -0.2) is 4.98 Å². The largest absolute Gasteiger partial charge is 0.369 e. The van der Waals surface area contributed by atoms with Crippen LogP contribution >= 0.6 is 0 Å². The smallest absolute Gasteiger partial charge is 0.148 e. The first-order valence-corrected chi connectivity index (χ1v) is 6.86. The maximum atomic E-state index is 4.56. The SMILES string of the molecule is CCCNc1nccnc1C1CCC(C)CC1. The highest BCUT2D eigenvalue weighted by molar-refractivity contribution is 5.41. The molecule has 1 N–H and O–H groups in total. The van der Waals surface area contributed by atoms with E-state index >= 15 is 0 Å². The van der Waals surface area contributed by atoms with Gasteiger partial charge in [0.05, 0.1) is 5.69 Å². The van der Waals surface area contributed by atoms with Crippen LogP contribution in [0.5, 0.6) is 0 Å². The molecule has 1 saturated carbocycles. The molecule has 1 fully saturated rings. The highest BCUT2D eigenvalue weighted by Crippen LogP contribution is 2.36. The van der Waals surface area contributed by atoms with Gasteiger partial charge in [0.1, 0.15) is 5.82 Å². The van der Waals surface area contributed by atoms with Crippen molar-refractivity contribution in [1.29, 1.82) is 0 Å². The Hall–Kier alpha value is -1.12. The van der Waals surface area contributed by atoms with E-state index in [1.165, 1.54) is 31.4 Å². The predicted octanol–water partition coefficient (Wildman–Crippen LogP) is 3.59. The summed E-state index contributed by atoms with van der Waals surface area (Å²) < 4.78 is 0. The van der Waals surface area contributed by atoms with Gasteiger partial charge in [-0.1, -0.05) is 26.7 Å². The molecule has 0 atom stereocenters. The summed E-state index contributed by atoms with van der Waals surface area (Å²) in [7, 11) is 0. The molecule has 94 valence electrons. The molecular weight excluding hydrogens is 210 g/mol. The molecule has 17 heavy (non-hydrogen) atoms. The number of rotatable bonds is 4. The van der Waals surface area contributed by atoms with Gasteiger partial charge < -0.3 is 5.32 Å². The summed E-state index contributed by atoms with van der Waals surface area (Å²) >= 11 is 0. The van der Waals surface area contributed by atoms with Crippen molar-refractivity contribution in [2.45, 2.75) is 51.9 Å². The third-order valence-electron chi connectivity index (χ3n) is 3.67. The van der Waals surface area contributed by atoms with Crippen LogP contribution in [-0.4, -0.2) is 16.5 Å². The molecule has 1 aliphatic rings. The van der Waals surface area contributed by atoms with E-state index in [4.69, 9.17) is 0 Å². The van der Waals surface area contributed by atoms with Gasteiger partial charge in [0.2, 0.25) is 0 Å². The molecule has 0 aromatic carbocycles. The van der Waals surface area contributed by atoms with Gasteiger partial charge in [0.15, 0.2) is 0 Å². The maximum absolute atomic E-state index is 4.56. The van der Waals surface area contributed by atoms with Gasteiger partial charge >= 0.3 is 0 Å². The van der Waals surface area contributed by atoms with Crippen LogP contribution < -0.4 is 5.32 Å². The minimum atomic E-state index is 0.610. The van der Waals surface area contributed by atoms with Crippen LogP contribution in [0.15, 0.2) is 12.4 Å². The predicted molar refractivity (Wildman–Crippen MR) is 71.2 cm³/mol. The molecule has 3 nitrogen and oxygen atoms in total. The lowest BCUT2D eigenvalue weighted by atomic mass is 9.81. The number of nitrogens with one attached hydrogen (secondary N) is 1. The van der Waals surface area contributed by atoms with Crippen molar-refractivity contribution in [2.24, 2.45) is 5.92 Å². The highest BCUT2D eigenvalue weighted by atomic mass is 15.0. The van der Waals surface area contributed by atoms with Crippen molar-refractivity contribution in [3.63, 3.8) is 0 Å². The number of aromatic nitrogens is 2. The second kappa shape index (κ2) is 5.99. The fourth-order valence-electron chi connectivity index (χ4n) is 2.56. The van der Waals surface area contributed by atoms with Gasteiger partial charge in [-0.15, -0.1) is 0 Å². The van der Waals surface area contributed by atoms with Crippen molar-refractivity contribution in [1.82, 2.24) is 9.97 Å². The summed E-state index contributed by atoms with van der Waals surface area (Å²) in [5.74, 6) is 2.50. The Morgan fingerprint density at radius 2 is 1.88 bits per heavy atom. The van der Waals surface area contributed by atoms with Crippen molar-refractivity contribution < 1.29 is 0 Å². The van der Waals surface area contributed by atoms with Gasteiger partial charge in [0, 0.05) is 24.9 Å². The molecule has 2 rings (SSSR count). The minimum absolute atomic E-state index is 0.610. The van der Waals surface area contributed by atoms with Gasteiger partial charge in [0.25, 0.3) is 0 Å². The van der Waals surface area contributed by atoms with Crippen molar-refractivity contribution >= 4 is 5.82 Å². The van der Waals surface area contributed by atoms with Crippen molar-refractivity contribution in [3.8, 4) is 0 Å². The zero-order valence-electron chi connectivity index (χ0n) is 10.9. The number of nitrogens with zero attached hydrogens (tertiary/aromatic N) is 2. The Labute approximate surface area is 104 Å². The topological polar surface area (TPSA) is 37.8 Å². The molecule has 0 saturated heterocycles. The molecule has 0 aliphatic heterocycles. The summed E-state index contributed by atoms with van der Waals surface area (Å²) in [5.41, 5.74) is 1.19. The van der Waals surface area contributed by atoms with Crippen LogP contribution in [0.4, 0.5) is 5.82 Å². The summed E-state index contributed by atoms with van der Waals surface area (Å²) in [6.45, 7) is 5.50. The van der Waals surface area contributed by atoms with Crippen molar-refractivity contribution in [2.75, 3.05) is 11.9 Å². The molecule has 1 aliphatic carbocycles. The highest BCUT2D eigenvalue weighted by Gasteiger charge is 2.23. The van der Waals surface area contributed by atoms with Crippen LogP contribution in [0, 0.1) is 5.92 Å². The van der Waals surface area contributed by atoms with Crippen LogP contribution in [0.25, 0.3) is 0 Å². The zero-order chi connectivity index (χ0) is 12.1. The van der Waals surface area contributed by atoms with Gasteiger partial charge in [-0.05, 0) is 25.2 Å². The molecule has 0 radical (unpaired) electrons. The average molecular weight is 233 g/mol. The maximum Gasteiger partial charge on any atom is 0.148 e. The van der Waals surface area contributed by atoms with E-state index in [-0.39, 0.29) is 0 Å². The third kappa shape index (κ3) is 3.18. The van der Waals surface area contributed by atoms with E-state index in [9.17, 15) is 0 Å². The Morgan fingerprint density at radius 1 is 1.18 bits per heavy atom. The van der Waals surface area contributed by atoms with E-state index < -0.39 is 0 Å². The van der Waals surface area contributed by atoms with E-state index in [2.05, 4.69) is 29.1 Å². The fraction of sp³-hybridized carbons (Fsp3) is 0.714. The molecule has 1 aromatic rings. The molecule has 0 spiro atoms. The number of hydrogen-bond acceptors (Lipinski definition) is 3. The van der Waals surface area contributed by atoms with Crippen molar-refractivity contribution in [3.05, 3.63) is 18.1 Å². The third-order valence-corrected chi connectivity index (χ3v) is 3.67. The summed E-state index contributed by atoms with van der Waals surface area (Å²) in [4.78, 5) is 8.99. The Kier molecular flexibility index (Phi) is 4.35. The average Bonchev–Trinajstić information content (AvgIpc) is 2.38. The zero-order valence-corrected chi connectivity index (χ0v) is 10.9. The molecule has 1 aromatic heterocycles. The molecule has 3 heteroatoms. The molecular formula is C14H23N3. The minimum Gasteiger partial charge on any atom is -0.369 e. The van der Waals surface area contributed by atoms with E-state index in [1.807, 2.05) is 6.20 Å². The molecule has 0 amide bonds. The second-order valence-corrected chi connectivity index (χ2v) is 5.17. The summed E-state index contributed by atoms with van der Waals surface area (Å²) in [6, 6.07) is 0. The second-order valence-electron chi connectivity index (χ2n) is 5.17. The Morgan fingerprint density at radius 3 is 2.59 bits per heavy atom.